The molecule has 0 aromatic rings. The van der Waals surface area contributed by atoms with Crippen LogP contribution in [0.2, 0.25) is 0 Å². The summed E-state index contributed by atoms with van der Waals surface area (Å²) in [7, 11) is 0. The van der Waals surface area contributed by atoms with Crippen LogP contribution in [0, 0.1) is 5.92 Å². The number of ether oxygens (including phenoxy) is 1. The third kappa shape index (κ3) is 5.16. The second-order valence-corrected chi connectivity index (χ2v) is 6.16. The standard InChI is InChI=1S/C16H28N2O3/c1-6-14-15(19)17-13(9-11(2)3)16(20)18(14)7-8-21-10-12(4)5/h11,13-14H,4,6-10H2,1-3,5H3,(H,17,19). The second kappa shape index (κ2) is 8.17. The molecule has 2 unspecified atom stereocenters. The van der Waals surface area contributed by atoms with Crippen molar-refractivity contribution in [3.05, 3.63) is 12.2 Å². The number of hydrogen-bond donors (Lipinski definition) is 1. The van der Waals surface area contributed by atoms with E-state index < -0.39 is 6.04 Å². The third-order valence-corrected chi connectivity index (χ3v) is 3.50. The molecule has 1 fully saturated rings. The van der Waals surface area contributed by atoms with Gasteiger partial charge in [-0.3, -0.25) is 9.59 Å². The van der Waals surface area contributed by atoms with Gasteiger partial charge in [-0.15, -0.1) is 0 Å². The fraction of sp³-hybridized carbons (Fsp3) is 0.750. The molecule has 0 aromatic carbocycles. The Bertz CT molecular complexity index is 393. The van der Waals surface area contributed by atoms with Crippen molar-refractivity contribution in [3.63, 3.8) is 0 Å². The largest absolute Gasteiger partial charge is 0.375 e. The Labute approximate surface area is 127 Å². The average Bonchev–Trinajstić information content (AvgIpc) is 2.38. The van der Waals surface area contributed by atoms with E-state index in [0.717, 1.165) is 5.57 Å². The smallest absolute Gasteiger partial charge is 0.245 e. The molecule has 0 aliphatic carbocycles. The molecule has 2 atom stereocenters. The van der Waals surface area contributed by atoms with Crippen molar-refractivity contribution in [1.29, 1.82) is 0 Å². The zero-order valence-electron chi connectivity index (χ0n) is 13.6. The Balaban J connectivity index is 2.67. The van der Waals surface area contributed by atoms with Crippen LogP contribution in [0.25, 0.3) is 0 Å². The summed E-state index contributed by atoms with van der Waals surface area (Å²) in [6, 6.07) is -0.782. The van der Waals surface area contributed by atoms with Gasteiger partial charge in [0.2, 0.25) is 11.8 Å². The first kappa shape index (κ1) is 17.7. The van der Waals surface area contributed by atoms with E-state index in [1.54, 1.807) is 4.90 Å². The van der Waals surface area contributed by atoms with Gasteiger partial charge >= 0.3 is 0 Å². The number of carbonyl (C=O) groups excluding carboxylic acids is 2. The number of piperazine rings is 1. The lowest BCUT2D eigenvalue weighted by atomic mass is 9.98. The van der Waals surface area contributed by atoms with Gasteiger partial charge in [0.1, 0.15) is 12.1 Å². The minimum absolute atomic E-state index is 0.00840. The van der Waals surface area contributed by atoms with Crippen molar-refractivity contribution >= 4 is 11.8 Å². The first-order valence-corrected chi connectivity index (χ1v) is 7.69. The van der Waals surface area contributed by atoms with Gasteiger partial charge in [0.25, 0.3) is 0 Å². The molecule has 5 nitrogen and oxygen atoms in total. The molecule has 1 aliphatic rings. The van der Waals surface area contributed by atoms with E-state index in [4.69, 9.17) is 4.74 Å². The number of rotatable bonds is 8. The summed E-state index contributed by atoms with van der Waals surface area (Å²) in [5.41, 5.74) is 0.947. The maximum atomic E-state index is 12.5. The Morgan fingerprint density at radius 2 is 2.10 bits per heavy atom. The first-order chi connectivity index (χ1) is 9.86. The summed E-state index contributed by atoms with van der Waals surface area (Å²) in [6.07, 6.45) is 1.29. The number of amides is 2. The van der Waals surface area contributed by atoms with Crippen LogP contribution in [0.5, 0.6) is 0 Å². The molecule has 0 radical (unpaired) electrons. The fourth-order valence-electron chi connectivity index (χ4n) is 2.54. The Morgan fingerprint density at radius 3 is 2.62 bits per heavy atom. The summed E-state index contributed by atoms with van der Waals surface area (Å²) >= 11 is 0. The maximum Gasteiger partial charge on any atom is 0.245 e. The van der Waals surface area contributed by atoms with Crippen molar-refractivity contribution in [1.82, 2.24) is 10.2 Å². The maximum absolute atomic E-state index is 12.5. The van der Waals surface area contributed by atoms with E-state index in [0.29, 0.717) is 38.5 Å². The lowest BCUT2D eigenvalue weighted by molar-refractivity contribution is -0.150. The topological polar surface area (TPSA) is 58.6 Å². The molecule has 0 saturated carbocycles. The Morgan fingerprint density at radius 1 is 1.43 bits per heavy atom. The van der Waals surface area contributed by atoms with Gasteiger partial charge in [0.15, 0.2) is 0 Å². The van der Waals surface area contributed by atoms with Gasteiger partial charge in [-0.2, -0.15) is 0 Å². The van der Waals surface area contributed by atoms with Gasteiger partial charge < -0.3 is 15.0 Å². The third-order valence-electron chi connectivity index (χ3n) is 3.50. The highest BCUT2D eigenvalue weighted by molar-refractivity contribution is 5.96. The molecule has 2 amide bonds. The highest BCUT2D eigenvalue weighted by Gasteiger charge is 2.39. The molecule has 0 spiro atoms. The van der Waals surface area contributed by atoms with Crippen LogP contribution in [-0.2, 0) is 14.3 Å². The van der Waals surface area contributed by atoms with Crippen LogP contribution in [0.1, 0.15) is 40.5 Å². The van der Waals surface area contributed by atoms with Crippen LogP contribution in [0.15, 0.2) is 12.2 Å². The van der Waals surface area contributed by atoms with Gasteiger partial charge in [-0.05, 0) is 25.7 Å². The summed E-state index contributed by atoms with van der Waals surface area (Å²) in [6.45, 7) is 13.0. The Hall–Kier alpha value is -1.36. The van der Waals surface area contributed by atoms with Crippen molar-refractivity contribution in [2.24, 2.45) is 5.92 Å². The molecule has 5 heteroatoms. The highest BCUT2D eigenvalue weighted by atomic mass is 16.5. The predicted molar refractivity (Wildman–Crippen MR) is 82.8 cm³/mol. The van der Waals surface area contributed by atoms with Crippen LogP contribution in [0.3, 0.4) is 0 Å². The van der Waals surface area contributed by atoms with E-state index in [9.17, 15) is 9.59 Å². The van der Waals surface area contributed by atoms with Crippen molar-refractivity contribution in [3.8, 4) is 0 Å². The monoisotopic (exact) mass is 296 g/mol. The molecule has 0 aromatic heterocycles. The summed E-state index contributed by atoms with van der Waals surface area (Å²) < 4.78 is 5.47. The van der Waals surface area contributed by atoms with E-state index >= 15 is 0 Å². The molecular weight excluding hydrogens is 268 g/mol. The quantitative estimate of drug-likeness (QED) is 0.548. The molecule has 120 valence electrons. The number of hydrogen-bond acceptors (Lipinski definition) is 3. The molecule has 0 bridgehead atoms. The number of carbonyl (C=O) groups is 2. The molecule has 1 aliphatic heterocycles. The van der Waals surface area contributed by atoms with Crippen LogP contribution < -0.4 is 5.32 Å². The fourth-order valence-corrected chi connectivity index (χ4v) is 2.54. The van der Waals surface area contributed by atoms with E-state index in [1.807, 2.05) is 27.7 Å². The van der Waals surface area contributed by atoms with Gasteiger partial charge in [-0.1, -0.05) is 32.9 Å². The van der Waals surface area contributed by atoms with Crippen molar-refractivity contribution < 1.29 is 14.3 Å². The van der Waals surface area contributed by atoms with Gasteiger partial charge in [0.05, 0.1) is 13.2 Å². The molecular formula is C16H28N2O3. The Kier molecular flexibility index (Phi) is 6.89. The molecule has 21 heavy (non-hydrogen) atoms. The predicted octanol–water partition coefficient (Wildman–Crippen LogP) is 1.73. The first-order valence-electron chi connectivity index (χ1n) is 7.69. The van der Waals surface area contributed by atoms with Gasteiger partial charge in [-0.25, -0.2) is 0 Å². The summed E-state index contributed by atoms with van der Waals surface area (Å²) in [5, 5.41) is 2.85. The summed E-state index contributed by atoms with van der Waals surface area (Å²) in [5.74, 6) is 0.315. The SMILES string of the molecule is C=C(C)COCCN1C(=O)C(CC(C)C)NC(=O)C1CC. The zero-order chi connectivity index (χ0) is 16.0. The van der Waals surface area contributed by atoms with Crippen molar-refractivity contribution in [2.75, 3.05) is 19.8 Å². The molecule has 1 saturated heterocycles. The number of nitrogens with one attached hydrogen (secondary N) is 1. The van der Waals surface area contributed by atoms with Crippen LogP contribution in [0.4, 0.5) is 0 Å². The van der Waals surface area contributed by atoms with Crippen LogP contribution in [-0.4, -0.2) is 48.6 Å². The molecule has 1 heterocycles. The lowest BCUT2D eigenvalue weighted by Gasteiger charge is -2.39. The minimum atomic E-state index is -0.401. The molecule has 1 rings (SSSR count). The number of nitrogens with zero attached hydrogens (tertiary/aromatic N) is 1. The zero-order valence-corrected chi connectivity index (χ0v) is 13.6. The second-order valence-electron chi connectivity index (χ2n) is 6.16. The summed E-state index contributed by atoms with van der Waals surface area (Å²) in [4.78, 5) is 26.4. The van der Waals surface area contributed by atoms with Crippen molar-refractivity contribution in [2.45, 2.75) is 52.6 Å². The minimum Gasteiger partial charge on any atom is -0.375 e. The van der Waals surface area contributed by atoms with E-state index in [-0.39, 0.29) is 17.9 Å². The van der Waals surface area contributed by atoms with Crippen LogP contribution >= 0.6 is 0 Å². The average molecular weight is 296 g/mol. The normalized spacial score (nSPS) is 22.6. The van der Waals surface area contributed by atoms with E-state index in [1.165, 1.54) is 0 Å². The molecule has 1 N–H and O–H groups in total. The highest BCUT2D eigenvalue weighted by Crippen LogP contribution is 2.17. The lowest BCUT2D eigenvalue weighted by Crippen LogP contribution is -2.63. The van der Waals surface area contributed by atoms with Gasteiger partial charge in [0, 0.05) is 6.54 Å². The van der Waals surface area contributed by atoms with E-state index in [2.05, 4.69) is 11.9 Å².